The van der Waals surface area contributed by atoms with Gasteiger partial charge in [-0.2, -0.15) is 0 Å². The number of thioether (sulfide) groups is 1. The van der Waals surface area contributed by atoms with E-state index in [0.29, 0.717) is 11.3 Å². The number of nitro groups is 1. The molecule has 0 aliphatic carbocycles. The van der Waals surface area contributed by atoms with Crippen LogP contribution in [0.25, 0.3) is 6.08 Å². The van der Waals surface area contributed by atoms with Crippen molar-refractivity contribution < 1.29 is 9.72 Å². The number of carbonyl (C=O) groups is 1. The van der Waals surface area contributed by atoms with Crippen LogP contribution in [0.15, 0.2) is 59.0 Å². The minimum Gasteiger partial charge on any atom is -0.289 e. The molecule has 1 aliphatic rings. The summed E-state index contributed by atoms with van der Waals surface area (Å²) in [4.78, 5) is 23.6. The van der Waals surface area contributed by atoms with Crippen LogP contribution in [0.3, 0.4) is 0 Å². The van der Waals surface area contributed by atoms with Crippen molar-refractivity contribution in [1.29, 1.82) is 0 Å². The molecule has 0 amide bonds. The fourth-order valence-electron chi connectivity index (χ4n) is 2.17. The molecule has 21 heavy (non-hydrogen) atoms. The lowest BCUT2D eigenvalue weighted by Gasteiger charge is -2.16. The fraction of sp³-hybridized carbons (Fsp3) is 0.0625. The van der Waals surface area contributed by atoms with E-state index < -0.39 is 4.92 Å². The lowest BCUT2D eigenvalue weighted by molar-refractivity contribution is -0.384. The number of nitro benzene ring substituents is 1. The number of nitrogens with zero attached hydrogens (tertiary/aromatic N) is 1. The van der Waals surface area contributed by atoms with Crippen molar-refractivity contribution in [3.05, 3.63) is 75.3 Å². The number of hydrogen-bond acceptors (Lipinski definition) is 4. The Bertz CT molecular complexity index is 750. The van der Waals surface area contributed by atoms with Gasteiger partial charge in [0.1, 0.15) is 0 Å². The summed E-state index contributed by atoms with van der Waals surface area (Å²) >= 11 is 1.63. The van der Waals surface area contributed by atoms with E-state index in [0.717, 1.165) is 16.0 Å². The highest BCUT2D eigenvalue weighted by Gasteiger charge is 2.21. The van der Waals surface area contributed by atoms with Crippen LogP contribution in [0, 0.1) is 10.1 Å². The lowest BCUT2D eigenvalue weighted by Crippen LogP contribution is -2.11. The molecule has 1 aliphatic heterocycles. The van der Waals surface area contributed by atoms with Crippen LogP contribution in [0.1, 0.15) is 15.9 Å². The Hall–Kier alpha value is -2.40. The molecule has 0 saturated carbocycles. The van der Waals surface area contributed by atoms with E-state index in [9.17, 15) is 14.9 Å². The number of non-ortho nitro benzene ring substituents is 1. The van der Waals surface area contributed by atoms with Crippen LogP contribution < -0.4 is 0 Å². The first kappa shape index (κ1) is 13.6. The number of ketones is 1. The second kappa shape index (κ2) is 5.54. The molecule has 0 aromatic heterocycles. The second-order valence-corrected chi connectivity index (χ2v) is 5.65. The zero-order valence-electron chi connectivity index (χ0n) is 11.0. The van der Waals surface area contributed by atoms with Crippen LogP contribution in [0.4, 0.5) is 5.69 Å². The molecular weight excluding hydrogens is 286 g/mol. The first-order valence-corrected chi connectivity index (χ1v) is 7.35. The Morgan fingerprint density at radius 1 is 1.10 bits per heavy atom. The Morgan fingerprint density at radius 3 is 2.52 bits per heavy atom. The average molecular weight is 297 g/mol. The summed E-state index contributed by atoms with van der Waals surface area (Å²) in [5.74, 6) is 0.648. The molecule has 2 aromatic rings. The summed E-state index contributed by atoms with van der Waals surface area (Å²) in [7, 11) is 0. The van der Waals surface area contributed by atoms with E-state index in [-0.39, 0.29) is 11.5 Å². The molecule has 0 radical (unpaired) electrons. The summed E-state index contributed by atoms with van der Waals surface area (Å²) < 4.78 is 0. The zero-order valence-corrected chi connectivity index (χ0v) is 11.8. The van der Waals surface area contributed by atoms with Crippen molar-refractivity contribution in [1.82, 2.24) is 0 Å². The third-order valence-corrected chi connectivity index (χ3v) is 4.37. The quantitative estimate of drug-likeness (QED) is 0.478. The van der Waals surface area contributed by atoms with Gasteiger partial charge in [0.2, 0.25) is 0 Å². The molecular formula is C16H11NO3S. The number of fused-ring (bicyclic) bond motifs is 1. The molecule has 3 rings (SSSR count). The Morgan fingerprint density at radius 2 is 1.81 bits per heavy atom. The molecule has 0 fully saturated rings. The smallest absolute Gasteiger partial charge is 0.269 e. The van der Waals surface area contributed by atoms with Crippen molar-refractivity contribution in [2.75, 3.05) is 5.75 Å². The van der Waals surface area contributed by atoms with Crippen LogP contribution in [-0.2, 0) is 0 Å². The summed E-state index contributed by atoms with van der Waals surface area (Å²) in [5, 5.41) is 10.6. The molecule has 104 valence electrons. The fourth-order valence-corrected chi connectivity index (χ4v) is 3.19. The van der Waals surface area contributed by atoms with E-state index in [1.807, 2.05) is 24.3 Å². The SMILES string of the molecule is O=C1/C(=C/c2ccc([N+](=O)[O-])cc2)CSc2ccccc21. The topological polar surface area (TPSA) is 60.2 Å². The highest BCUT2D eigenvalue weighted by molar-refractivity contribution is 7.99. The summed E-state index contributed by atoms with van der Waals surface area (Å²) in [6.45, 7) is 0. The van der Waals surface area contributed by atoms with Gasteiger partial charge < -0.3 is 0 Å². The number of Topliss-reactive ketones (excluding diaryl/α,β-unsaturated/α-hetero) is 1. The monoisotopic (exact) mass is 297 g/mol. The maximum Gasteiger partial charge on any atom is 0.269 e. The Labute approximate surface area is 125 Å². The van der Waals surface area contributed by atoms with E-state index in [1.54, 1.807) is 30.0 Å². The van der Waals surface area contributed by atoms with Gasteiger partial charge in [0.25, 0.3) is 5.69 Å². The van der Waals surface area contributed by atoms with Crippen LogP contribution in [0.2, 0.25) is 0 Å². The molecule has 1 heterocycles. The normalized spacial score (nSPS) is 15.8. The van der Waals surface area contributed by atoms with Gasteiger partial charge in [-0.1, -0.05) is 12.1 Å². The van der Waals surface area contributed by atoms with Crippen molar-refractivity contribution >= 4 is 29.3 Å². The highest BCUT2D eigenvalue weighted by atomic mass is 32.2. The van der Waals surface area contributed by atoms with Gasteiger partial charge in [-0.3, -0.25) is 14.9 Å². The lowest BCUT2D eigenvalue weighted by atomic mass is 10.0. The van der Waals surface area contributed by atoms with E-state index in [2.05, 4.69) is 0 Å². The van der Waals surface area contributed by atoms with Gasteiger partial charge in [-0.25, -0.2) is 0 Å². The maximum atomic E-state index is 12.4. The molecule has 4 nitrogen and oxygen atoms in total. The van der Waals surface area contributed by atoms with Crippen molar-refractivity contribution in [3.63, 3.8) is 0 Å². The zero-order chi connectivity index (χ0) is 14.8. The summed E-state index contributed by atoms with van der Waals surface area (Å²) in [6, 6.07) is 13.7. The highest BCUT2D eigenvalue weighted by Crippen LogP contribution is 2.33. The minimum atomic E-state index is -0.436. The molecule has 0 unspecified atom stereocenters. The molecule has 5 heteroatoms. The van der Waals surface area contributed by atoms with Crippen LogP contribution in [0.5, 0.6) is 0 Å². The summed E-state index contributed by atoms with van der Waals surface area (Å²) in [6.07, 6.45) is 1.80. The molecule has 0 bridgehead atoms. The minimum absolute atomic E-state index is 0.0303. The predicted octanol–water partition coefficient (Wildman–Crippen LogP) is 3.97. The first-order valence-electron chi connectivity index (χ1n) is 6.37. The maximum absolute atomic E-state index is 12.4. The van der Waals surface area contributed by atoms with Gasteiger partial charge in [0.05, 0.1) is 4.92 Å². The van der Waals surface area contributed by atoms with E-state index in [1.165, 1.54) is 12.1 Å². The summed E-state index contributed by atoms with van der Waals surface area (Å²) in [5.41, 5.74) is 2.28. The molecule has 0 saturated heterocycles. The van der Waals surface area contributed by atoms with Crippen molar-refractivity contribution in [2.45, 2.75) is 4.90 Å². The number of benzene rings is 2. The van der Waals surface area contributed by atoms with E-state index in [4.69, 9.17) is 0 Å². The largest absolute Gasteiger partial charge is 0.289 e. The van der Waals surface area contributed by atoms with Gasteiger partial charge in [0.15, 0.2) is 5.78 Å². The number of carbonyl (C=O) groups excluding carboxylic acids is 1. The molecule has 0 spiro atoms. The third kappa shape index (κ3) is 2.73. The second-order valence-electron chi connectivity index (χ2n) is 4.63. The van der Waals surface area contributed by atoms with Gasteiger partial charge >= 0.3 is 0 Å². The van der Waals surface area contributed by atoms with Crippen molar-refractivity contribution in [2.24, 2.45) is 0 Å². The predicted molar refractivity (Wildman–Crippen MR) is 82.6 cm³/mol. The first-order chi connectivity index (χ1) is 10.1. The van der Waals surface area contributed by atoms with Crippen LogP contribution in [-0.4, -0.2) is 16.5 Å². The standard InChI is InChI=1S/C16H11NO3S/c18-16-12(10-21-15-4-2-1-3-14(15)16)9-11-5-7-13(8-6-11)17(19)20/h1-9H,10H2/b12-9+. The molecule has 2 aromatic carbocycles. The van der Waals surface area contributed by atoms with Gasteiger partial charge in [-0.05, 0) is 35.9 Å². The molecule has 0 N–H and O–H groups in total. The van der Waals surface area contributed by atoms with Crippen LogP contribution >= 0.6 is 11.8 Å². The van der Waals surface area contributed by atoms with Gasteiger partial charge in [0, 0.05) is 33.9 Å². The van der Waals surface area contributed by atoms with E-state index >= 15 is 0 Å². The Balaban J connectivity index is 1.91. The Kier molecular flexibility index (Phi) is 3.58. The van der Waals surface area contributed by atoms with Gasteiger partial charge in [-0.15, -0.1) is 11.8 Å². The third-order valence-electron chi connectivity index (χ3n) is 3.25. The number of rotatable bonds is 2. The molecule has 0 atom stereocenters. The average Bonchev–Trinajstić information content (AvgIpc) is 2.51. The van der Waals surface area contributed by atoms with Crippen molar-refractivity contribution in [3.8, 4) is 0 Å². The number of hydrogen-bond donors (Lipinski definition) is 0.